The Kier molecular flexibility index (Phi) is 4.57. The second-order valence-electron chi connectivity index (χ2n) is 4.39. The molecule has 104 valence electrons. The Morgan fingerprint density at radius 1 is 1.53 bits per heavy atom. The molecule has 1 aliphatic rings. The Bertz CT molecular complexity index is 433. The van der Waals surface area contributed by atoms with Crippen molar-refractivity contribution in [2.45, 2.75) is 13.0 Å². The molecule has 1 N–H and O–H groups in total. The molecular weight excluding hydrogens is 246 g/mol. The van der Waals surface area contributed by atoms with Crippen LogP contribution in [0.5, 0.6) is 5.88 Å². The molecule has 0 aliphatic carbocycles. The van der Waals surface area contributed by atoms with Crippen LogP contribution in [0.1, 0.15) is 6.92 Å². The molecule has 1 aliphatic heterocycles. The van der Waals surface area contributed by atoms with Crippen molar-refractivity contribution in [1.82, 2.24) is 9.88 Å². The van der Waals surface area contributed by atoms with Crippen molar-refractivity contribution < 1.29 is 14.3 Å². The summed E-state index contributed by atoms with van der Waals surface area (Å²) in [7, 11) is 1.56. The van der Waals surface area contributed by atoms with Gasteiger partial charge in [0.25, 0.3) is 0 Å². The summed E-state index contributed by atoms with van der Waals surface area (Å²) in [6, 6.07) is 3.29. The first kappa shape index (κ1) is 13.6. The molecule has 1 aromatic rings. The number of ether oxygens (including phenoxy) is 2. The number of rotatable bonds is 4. The number of morpholine rings is 1. The molecule has 2 heterocycles. The topological polar surface area (TPSA) is 63.7 Å². The number of amides is 1. The molecule has 2 rings (SSSR count). The molecule has 1 fully saturated rings. The maximum atomic E-state index is 12.2. The third-order valence-corrected chi connectivity index (χ3v) is 3.02. The van der Waals surface area contributed by atoms with E-state index in [2.05, 4.69) is 10.3 Å². The van der Waals surface area contributed by atoms with Crippen LogP contribution in [0.15, 0.2) is 18.3 Å². The van der Waals surface area contributed by atoms with Gasteiger partial charge in [-0.1, -0.05) is 0 Å². The van der Waals surface area contributed by atoms with Gasteiger partial charge in [-0.2, -0.15) is 0 Å². The molecule has 1 atom stereocenters. The van der Waals surface area contributed by atoms with Gasteiger partial charge in [0.15, 0.2) is 0 Å². The van der Waals surface area contributed by atoms with Crippen molar-refractivity contribution in [2.75, 3.05) is 38.7 Å². The summed E-state index contributed by atoms with van der Waals surface area (Å²) < 4.78 is 10.3. The molecule has 19 heavy (non-hydrogen) atoms. The zero-order valence-corrected chi connectivity index (χ0v) is 11.3. The summed E-state index contributed by atoms with van der Waals surface area (Å²) in [5.74, 6) is 0.607. The van der Waals surface area contributed by atoms with Gasteiger partial charge >= 0.3 is 0 Å². The van der Waals surface area contributed by atoms with E-state index in [1.54, 1.807) is 19.4 Å². The highest BCUT2D eigenvalue weighted by Crippen LogP contribution is 2.15. The van der Waals surface area contributed by atoms with Crippen LogP contribution in [0.3, 0.4) is 0 Å². The highest BCUT2D eigenvalue weighted by Gasteiger charge is 2.22. The minimum atomic E-state index is -0.287. The van der Waals surface area contributed by atoms with Crippen LogP contribution in [-0.2, 0) is 9.53 Å². The fourth-order valence-electron chi connectivity index (χ4n) is 1.98. The van der Waals surface area contributed by atoms with E-state index in [0.29, 0.717) is 32.2 Å². The Hall–Kier alpha value is -1.82. The van der Waals surface area contributed by atoms with E-state index < -0.39 is 0 Å². The predicted octanol–water partition coefficient (Wildman–Crippen LogP) is 0.749. The summed E-state index contributed by atoms with van der Waals surface area (Å²) in [6.45, 7) is 4.39. The van der Waals surface area contributed by atoms with Gasteiger partial charge in [-0.15, -0.1) is 0 Å². The van der Waals surface area contributed by atoms with E-state index in [0.717, 1.165) is 5.69 Å². The smallest absolute Gasteiger partial charge is 0.244 e. The SMILES string of the molecule is COc1cc(NC(C)C(=O)N2CCOCC2)ccn1. The summed E-state index contributed by atoms with van der Waals surface area (Å²) in [5.41, 5.74) is 0.820. The van der Waals surface area contributed by atoms with Crippen molar-refractivity contribution in [1.29, 1.82) is 0 Å². The number of pyridine rings is 1. The van der Waals surface area contributed by atoms with Gasteiger partial charge in [-0.05, 0) is 13.0 Å². The largest absolute Gasteiger partial charge is 0.481 e. The maximum absolute atomic E-state index is 12.2. The van der Waals surface area contributed by atoms with Crippen molar-refractivity contribution in [3.63, 3.8) is 0 Å². The number of carbonyl (C=O) groups is 1. The van der Waals surface area contributed by atoms with Gasteiger partial charge in [0.2, 0.25) is 11.8 Å². The first-order valence-electron chi connectivity index (χ1n) is 6.34. The molecule has 1 saturated heterocycles. The number of aromatic nitrogens is 1. The van der Waals surface area contributed by atoms with Gasteiger partial charge in [0, 0.05) is 31.0 Å². The molecule has 0 spiro atoms. The van der Waals surface area contributed by atoms with Crippen LogP contribution in [0, 0.1) is 0 Å². The monoisotopic (exact) mass is 265 g/mol. The van der Waals surface area contributed by atoms with Crippen LogP contribution in [-0.4, -0.2) is 55.2 Å². The van der Waals surface area contributed by atoms with Gasteiger partial charge in [0.05, 0.1) is 20.3 Å². The number of carbonyl (C=O) groups excluding carboxylic acids is 1. The molecule has 1 aromatic heterocycles. The molecule has 6 nitrogen and oxygen atoms in total. The first-order valence-corrected chi connectivity index (χ1v) is 6.34. The summed E-state index contributed by atoms with van der Waals surface area (Å²) in [4.78, 5) is 18.1. The van der Waals surface area contributed by atoms with Crippen molar-refractivity contribution in [2.24, 2.45) is 0 Å². The fourth-order valence-corrected chi connectivity index (χ4v) is 1.98. The quantitative estimate of drug-likeness (QED) is 0.870. The van der Waals surface area contributed by atoms with E-state index in [4.69, 9.17) is 9.47 Å². The average molecular weight is 265 g/mol. The molecule has 0 saturated carbocycles. The number of anilines is 1. The maximum Gasteiger partial charge on any atom is 0.244 e. The fraction of sp³-hybridized carbons (Fsp3) is 0.538. The van der Waals surface area contributed by atoms with Gasteiger partial charge in [-0.3, -0.25) is 4.79 Å². The lowest BCUT2D eigenvalue weighted by atomic mass is 10.2. The summed E-state index contributed by atoms with van der Waals surface area (Å²) in [5, 5.41) is 3.16. The highest BCUT2D eigenvalue weighted by molar-refractivity contribution is 5.84. The number of nitrogens with one attached hydrogen (secondary N) is 1. The normalized spacial score (nSPS) is 16.8. The number of nitrogens with zero attached hydrogens (tertiary/aromatic N) is 2. The summed E-state index contributed by atoms with van der Waals surface area (Å²) in [6.07, 6.45) is 1.65. The van der Waals surface area contributed by atoms with Gasteiger partial charge in [0.1, 0.15) is 6.04 Å². The third kappa shape index (κ3) is 3.57. The highest BCUT2D eigenvalue weighted by atomic mass is 16.5. The lowest BCUT2D eigenvalue weighted by molar-refractivity contribution is -0.135. The van der Waals surface area contributed by atoms with E-state index >= 15 is 0 Å². The van der Waals surface area contributed by atoms with E-state index in [-0.39, 0.29) is 11.9 Å². The van der Waals surface area contributed by atoms with Crippen molar-refractivity contribution >= 4 is 11.6 Å². The second-order valence-corrected chi connectivity index (χ2v) is 4.39. The lowest BCUT2D eigenvalue weighted by Crippen LogP contribution is -2.46. The minimum absolute atomic E-state index is 0.0825. The number of hydrogen-bond acceptors (Lipinski definition) is 5. The van der Waals surface area contributed by atoms with Crippen molar-refractivity contribution in [3.8, 4) is 5.88 Å². The Morgan fingerprint density at radius 3 is 2.95 bits per heavy atom. The summed E-state index contributed by atoms with van der Waals surface area (Å²) >= 11 is 0. The first-order chi connectivity index (χ1) is 9.20. The molecule has 0 radical (unpaired) electrons. The Balaban J connectivity index is 1.95. The van der Waals surface area contributed by atoms with Crippen LogP contribution in [0.2, 0.25) is 0 Å². The molecule has 0 bridgehead atoms. The number of methoxy groups -OCH3 is 1. The lowest BCUT2D eigenvalue weighted by Gasteiger charge is -2.29. The molecule has 1 amide bonds. The van der Waals surface area contributed by atoms with E-state index in [1.165, 1.54) is 0 Å². The number of hydrogen-bond donors (Lipinski definition) is 1. The third-order valence-electron chi connectivity index (χ3n) is 3.02. The van der Waals surface area contributed by atoms with Crippen LogP contribution < -0.4 is 10.1 Å². The van der Waals surface area contributed by atoms with Crippen LogP contribution >= 0.6 is 0 Å². The molecule has 0 aromatic carbocycles. The molecule has 6 heteroatoms. The Labute approximate surface area is 112 Å². The molecule has 1 unspecified atom stereocenters. The van der Waals surface area contributed by atoms with Crippen molar-refractivity contribution in [3.05, 3.63) is 18.3 Å². The average Bonchev–Trinajstić information content (AvgIpc) is 2.47. The predicted molar refractivity (Wildman–Crippen MR) is 71.3 cm³/mol. The van der Waals surface area contributed by atoms with Crippen LogP contribution in [0.4, 0.5) is 5.69 Å². The van der Waals surface area contributed by atoms with Crippen LogP contribution in [0.25, 0.3) is 0 Å². The van der Waals surface area contributed by atoms with Gasteiger partial charge < -0.3 is 19.7 Å². The zero-order chi connectivity index (χ0) is 13.7. The second kappa shape index (κ2) is 6.38. The Morgan fingerprint density at radius 2 is 2.26 bits per heavy atom. The van der Waals surface area contributed by atoms with E-state index in [1.807, 2.05) is 17.9 Å². The van der Waals surface area contributed by atoms with E-state index in [9.17, 15) is 4.79 Å². The standard InChI is InChI=1S/C13H19N3O3/c1-10(13(17)16-5-7-19-8-6-16)15-11-3-4-14-12(9-11)18-2/h3-4,9-10H,5-8H2,1-2H3,(H,14,15). The zero-order valence-electron chi connectivity index (χ0n) is 11.3. The minimum Gasteiger partial charge on any atom is -0.481 e. The molecular formula is C13H19N3O3. The van der Waals surface area contributed by atoms with Gasteiger partial charge in [-0.25, -0.2) is 4.98 Å².